The summed E-state index contributed by atoms with van der Waals surface area (Å²) in [6, 6.07) is 22.8. The van der Waals surface area contributed by atoms with Crippen LogP contribution in [0.4, 0.5) is 0 Å². The Hall–Kier alpha value is -2.82. The van der Waals surface area contributed by atoms with E-state index in [2.05, 4.69) is 18.4 Å². The molecule has 0 fully saturated rings. The molecule has 0 saturated carbocycles. The van der Waals surface area contributed by atoms with Crippen molar-refractivity contribution in [2.75, 3.05) is 6.26 Å². The zero-order valence-electron chi connectivity index (χ0n) is 15.2. The van der Waals surface area contributed by atoms with E-state index in [-0.39, 0.29) is 5.56 Å². The molecule has 0 unspecified atom stereocenters. The summed E-state index contributed by atoms with van der Waals surface area (Å²) in [7, 11) is 0. The van der Waals surface area contributed by atoms with Crippen molar-refractivity contribution in [2.45, 2.75) is 4.90 Å². The largest absolute Gasteiger partial charge is 0.268 e. The smallest absolute Gasteiger partial charge is 0.266 e. The third-order valence-electron chi connectivity index (χ3n) is 4.43. The van der Waals surface area contributed by atoms with Crippen LogP contribution in [-0.2, 0) is 0 Å². The molecule has 28 heavy (non-hydrogen) atoms. The lowest BCUT2D eigenvalue weighted by Gasteiger charge is -2.11. The summed E-state index contributed by atoms with van der Waals surface area (Å²) in [4.78, 5) is 19.1. The summed E-state index contributed by atoms with van der Waals surface area (Å²) >= 11 is 7.72. The molecular formula is C23H17ClN2OS. The van der Waals surface area contributed by atoms with E-state index < -0.39 is 0 Å². The van der Waals surface area contributed by atoms with Crippen LogP contribution in [-0.4, -0.2) is 15.8 Å². The van der Waals surface area contributed by atoms with Gasteiger partial charge in [-0.15, -0.1) is 11.8 Å². The van der Waals surface area contributed by atoms with Crippen molar-refractivity contribution in [3.05, 3.63) is 99.6 Å². The molecule has 0 N–H and O–H groups in total. The second-order valence-electron chi connectivity index (χ2n) is 6.21. The minimum atomic E-state index is -0.106. The van der Waals surface area contributed by atoms with Crippen molar-refractivity contribution in [2.24, 2.45) is 0 Å². The molecule has 3 aromatic carbocycles. The highest BCUT2D eigenvalue weighted by Gasteiger charge is 2.10. The van der Waals surface area contributed by atoms with Gasteiger partial charge < -0.3 is 0 Å². The standard InChI is InChI=1S/C23H17ClN2OS/c1-28-19-13-6-16(7-14-19)8-15-22-25-21-5-3-2-4-20(21)23(27)26(22)18-11-9-17(24)10-12-18/h2-15H,1H3. The minimum Gasteiger partial charge on any atom is -0.268 e. The van der Waals surface area contributed by atoms with E-state index in [4.69, 9.17) is 16.6 Å². The maximum absolute atomic E-state index is 13.2. The van der Waals surface area contributed by atoms with Crippen molar-refractivity contribution in [3.8, 4) is 5.69 Å². The zero-order chi connectivity index (χ0) is 19.5. The molecule has 138 valence electrons. The first-order valence-corrected chi connectivity index (χ1v) is 10.4. The third-order valence-corrected chi connectivity index (χ3v) is 5.42. The summed E-state index contributed by atoms with van der Waals surface area (Å²) in [5.74, 6) is 0.569. The van der Waals surface area contributed by atoms with Gasteiger partial charge in [0.2, 0.25) is 0 Å². The summed E-state index contributed by atoms with van der Waals surface area (Å²) in [5.41, 5.74) is 2.34. The van der Waals surface area contributed by atoms with E-state index in [0.717, 1.165) is 11.3 Å². The summed E-state index contributed by atoms with van der Waals surface area (Å²) in [6.07, 6.45) is 5.89. The van der Waals surface area contributed by atoms with E-state index in [1.807, 2.05) is 54.6 Å². The van der Waals surface area contributed by atoms with Crippen LogP contribution in [0.2, 0.25) is 5.02 Å². The number of nitrogens with zero attached hydrogens (tertiary/aromatic N) is 2. The van der Waals surface area contributed by atoms with Gasteiger partial charge in [-0.1, -0.05) is 41.9 Å². The van der Waals surface area contributed by atoms with Crippen LogP contribution in [0, 0.1) is 0 Å². The van der Waals surface area contributed by atoms with Crippen LogP contribution in [0.3, 0.4) is 0 Å². The van der Waals surface area contributed by atoms with Crippen LogP contribution in [0.5, 0.6) is 0 Å². The first-order valence-electron chi connectivity index (χ1n) is 8.75. The first kappa shape index (κ1) is 18.5. The van der Waals surface area contributed by atoms with Crippen LogP contribution >= 0.6 is 23.4 Å². The molecule has 0 bridgehead atoms. The fraction of sp³-hybridized carbons (Fsp3) is 0.0435. The van der Waals surface area contributed by atoms with E-state index >= 15 is 0 Å². The van der Waals surface area contributed by atoms with Gasteiger partial charge in [-0.25, -0.2) is 4.98 Å². The Balaban J connectivity index is 1.87. The lowest BCUT2D eigenvalue weighted by Crippen LogP contribution is -2.22. The van der Waals surface area contributed by atoms with Gasteiger partial charge in [-0.05, 0) is 66.4 Å². The highest BCUT2D eigenvalue weighted by Crippen LogP contribution is 2.19. The Bertz CT molecular complexity index is 1210. The minimum absolute atomic E-state index is 0.106. The molecule has 0 amide bonds. The van der Waals surface area contributed by atoms with Crippen molar-refractivity contribution in [1.29, 1.82) is 0 Å². The average molecular weight is 405 g/mol. The number of hydrogen-bond acceptors (Lipinski definition) is 3. The van der Waals surface area contributed by atoms with Gasteiger partial charge in [0.05, 0.1) is 16.6 Å². The Morgan fingerprint density at radius 1 is 0.929 bits per heavy atom. The lowest BCUT2D eigenvalue weighted by molar-refractivity contribution is 0.944. The number of fused-ring (bicyclic) bond motifs is 1. The van der Waals surface area contributed by atoms with Crippen LogP contribution < -0.4 is 5.56 Å². The van der Waals surface area contributed by atoms with Gasteiger partial charge in [0.1, 0.15) is 5.82 Å². The van der Waals surface area contributed by atoms with Gasteiger partial charge in [0, 0.05) is 9.92 Å². The molecule has 0 spiro atoms. The number of aromatic nitrogens is 2. The Kier molecular flexibility index (Phi) is 5.33. The second kappa shape index (κ2) is 8.05. The summed E-state index contributed by atoms with van der Waals surface area (Å²) < 4.78 is 1.62. The molecule has 0 aliphatic rings. The lowest BCUT2D eigenvalue weighted by atomic mass is 10.2. The number of rotatable bonds is 4. The molecule has 4 rings (SSSR count). The molecule has 1 aromatic heterocycles. The van der Waals surface area contributed by atoms with Crippen molar-refractivity contribution >= 4 is 46.4 Å². The monoisotopic (exact) mass is 404 g/mol. The molecule has 1 heterocycles. The fourth-order valence-corrected chi connectivity index (χ4v) is 3.52. The van der Waals surface area contributed by atoms with Gasteiger partial charge in [-0.3, -0.25) is 9.36 Å². The molecule has 5 heteroatoms. The predicted octanol–water partition coefficient (Wildman–Crippen LogP) is 5.93. The Labute approximate surface area is 172 Å². The number of thioether (sulfide) groups is 1. The first-order chi connectivity index (χ1) is 13.7. The maximum Gasteiger partial charge on any atom is 0.266 e. The number of benzene rings is 3. The third kappa shape index (κ3) is 3.75. The number of para-hydroxylation sites is 1. The van der Waals surface area contributed by atoms with Gasteiger partial charge in [0.25, 0.3) is 5.56 Å². The van der Waals surface area contributed by atoms with E-state index in [0.29, 0.717) is 21.7 Å². The Morgan fingerprint density at radius 2 is 1.64 bits per heavy atom. The number of halogens is 1. The quantitative estimate of drug-likeness (QED) is 0.395. The fourth-order valence-electron chi connectivity index (χ4n) is 2.99. The molecule has 0 saturated heterocycles. The molecule has 4 aromatic rings. The van der Waals surface area contributed by atoms with E-state index in [1.165, 1.54) is 4.90 Å². The van der Waals surface area contributed by atoms with Crippen LogP contribution in [0.15, 0.2) is 82.5 Å². The molecule has 0 radical (unpaired) electrons. The molecular weight excluding hydrogens is 388 g/mol. The van der Waals surface area contributed by atoms with Gasteiger partial charge in [-0.2, -0.15) is 0 Å². The van der Waals surface area contributed by atoms with Crippen molar-refractivity contribution in [3.63, 3.8) is 0 Å². The molecule has 0 aliphatic heterocycles. The normalized spacial score (nSPS) is 11.4. The van der Waals surface area contributed by atoms with Crippen molar-refractivity contribution < 1.29 is 0 Å². The summed E-state index contributed by atoms with van der Waals surface area (Å²) in [6.45, 7) is 0. The topological polar surface area (TPSA) is 34.9 Å². The highest BCUT2D eigenvalue weighted by atomic mass is 35.5. The van der Waals surface area contributed by atoms with E-state index in [1.54, 1.807) is 34.5 Å². The second-order valence-corrected chi connectivity index (χ2v) is 7.53. The number of hydrogen-bond donors (Lipinski definition) is 0. The molecule has 0 atom stereocenters. The zero-order valence-corrected chi connectivity index (χ0v) is 16.7. The maximum atomic E-state index is 13.2. The average Bonchev–Trinajstić information content (AvgIpc) is 2.74. The van der Waals surface area contributed by atoms with Gasteiger partial charge in [0.15, 0.2) is 0 Å². The Morgan fingerprint density at radius 3 is 2.36 bits per heavy atom. The van der Waals surface area contributed by atoms with Crippen molar-refractivity contribution in [1.82, 2.24) is 9.55 Å². The highest BCUT2D eigenvalue weighted by molar-refractivity contribution is 7.98. The molecule has 3 nitrogen and oxygen atoms in total. The van der Waals surface area contributed by atoms with Crippen LogP contribution in [0.1, 0.15) is 11.4 Å². The SMILES string of the molecule is CSc1ccc(C=Cc2nc3ccccc3c(=O)n2-c2ccc(Cl)cc2)cc1. The van der Waals surface area contributed by atoms with Crippen LogP contribution in [0.25, 0.3) is 28.7 Å². The van der Waals surface area contributed by atoms with E-state index in [9.17, 15) is 4.79 Å². The van der Waals surface area contributed by atoms with Gasteiger partial charge >= 0.3 is 0 Å². The predicted molar refractivity (Wildman–Crippen MR) is 120 cm³/mol. The summed E-state index contributed by atoms with van der Waals surface area (Å²) in [5, 5.41) is 1.20. The molecule has 0 aliphatic carbocycles.